The van der Waals surface area contributed by atoms with Crippen LogP contribution in [0.15, 0.2) is 30.3 Å². The van der Waals surface area contributed by atoms with Crippen molar-refractivity contribution in [1.82, 2.24) is 10.2 Å². The van der Waals surface area contributed by atoms with Crippen molar-refractivity contribution in [2.24, 2.45) is 5.73 Å². The molecule has 1 aliphatic heterocycles. The molecule has 1 saturated heterocycles. The zero-order chi connectivity index (χ0) is 15.2. The van der Waals surface area contributed by atoms with E-state index in [1.165, 1.54) is 0 Å². The first kappa shape index (κ1) is 15.5. The Balaban J connectivity index is 2.20. The summed E-state index contributed by atoms with van der Waals surface area (Å²) in [6.45, 7) is 3.58. The van der Waals surface area contributed by atoms with Crippen LogP contribution in [-0.2, 0) is 9.59 Å². The predicted octanol–water partition coefficient (Wildman–Crippen LogP) is 0.856. The van der Waals surface area contributed by atoms with Gasteiger partial charge in [-0.3, -0.25) is 9.59 Å². The number of rotatable bonds is 6. The molecule has 21 heavy (non-hydrogen) atoms. The molecule has 2 rings (SSSR count). The molecule has 1 heterocycles. The topological polar surface area (TPSA) is 75.4 Å². The molecule has 114 valence electrons. The Morgan fingerprint density at radius 2 is 2.10 bits per heavy atom. The lowest BCUT2D eigenvalue weighted by Gasteiger charge is -2.31. The van der Waals surface area contributed by atoms with Crippen LogP contribution < -0.4 is 11.1 Å². The van der Waals surface area contributed by atoms with Gasteiger partial charge in [-0.1, -0.05) is 37.3 Å². The van der Waals surface area contributed by atoms with Crippen molar-refractivity contribution in [3.05, 3.63) is 35.9 Å². The quantitative estimate of drug-likeness (QED) is 0.815. The normalized spacial score (nSPS) is 19.2. The maximum absolute atomic E-state index is 12.9. The van der Waals surface area contributed by atoms with Crippen LogP contribution in [0.25, 0.3) is 0 Å². The van der Waals surface area contributed by atoms with Crippen molar-refractivity contribution in [2.45, 2.75) is 31.7 Å². The molecule has 1 aromatic rings. The summed E-state index contributed by atoms with van der Waals surface area (Å²) in [4.78, 5) is 25.9. The Kier molecular flexibility index (Phi) is 5.33. The number of hydrogen-bond acceptors (Lipinski definition) is 3. The number of hydrogen-bond donors (Lipinski definition) is 2. The fourth-order valence-corrected chi connectivity index (χ4v) is 2.90. The maximum Gasteiger partial charge on any atom is 0.237 e. The summed E-state index contributed by atoms with van der Waals surface area (Å²) in [6, 6.07) is 9.77. The number of carbonyl (C=O) groups is 2. The molecule has 0 bridgehead atoms. The van der Waals surface area contributed by atoms with Crippen LogP contribution in [0.3, 0.4) is 0 Å². The first-order chi connectivity index (χ1) is 10.1. The second-order valence-corrected chi connectivity index (χ2v) is 5.45. The van der Waals surface area contributed by atoms with E-state index in [2.05, 4.69) is 5.32 Å². The van der Waals surface area contributed by atoms with Gasteiger partial charge in [0.1, 0.15) is 0 Å². The highest BCUT2D eigenvalue weighted by molar-refractivity contribution is 5.88. The highest BCUT2D eigenvalue weighted by atomic mass is 16.2. The summed E-state index contributed by atoms with van der Waals surface area (Å²) in [5.41, 5.74) is 6.32. The Labute approximate surface area is 125 Å². The van der Waals surface area contributed by atoms with Gasteiger partial charge in [-0.2, -0.15) is 0 Å². The SMILES string of the molecule is CCC(C(=O)N(CC(N)=O)C1CCNC1)c1ccccc1. The Bertz CT molecular complexity index is 484. The predicted molar refractivity (Wildman–Crippen MR) is 81.7 cm³/mol. The molecule has 1 aliphatic rings. The summed E-state index contributed by atoms with van der Waals surface area (Å²) < 4.78 is 0. The van der Waals surface area contributed by atoms with Gasteiger partial charge in [-0.15, -0.1) is 0 Å². The first-order valence-electron chi connectivity index (χ1n) is 7.48. The zero-order valence-electron chi connectivity index (χ0n) is 12.4. The lowest BCUT2D eigenvalue weighted by Crippen LogP contribution is -2.48. The number of nitrogens with zero attached hydrogens (tertiary/aromatic N) is 1. The summed E-state index contributed by atoms with van der Waals surface area (Å²) >= 11 is 0. The third kappa shape index (κ3) is 3.82. The minimum atomic E-state index is -0.460. The van der Waals surface area contributed by atoms with E-state index in [1.807, 2.05) is 37.3 Å². The van der Waals surface area contributed by atoms with Crippen LogP contribution >= 0.6 is 0 Å². The van der Waals surface area contributed by atoms with Crippen LogP contribution in [-0.4, -0.2) is 42.4 Å². The van der Waals surface area contributed by atoms with E-state index in [-0.39, 0.29) is 24.4 Å². The molecule has 0 aliphatic carbocycles. The van der Waals surface area contributed by atoms with Gasteiger partial charge in [0.25, 0.3) is 0 Å². The number of amides is 2. The van der Waals surface area contributed by atoms with Crippen molar-refractivity contribution < 1.29 is 9.59 Å². The standard InChI is InChI=1S/C16H23N3O2/c1-2-14(12-6-4-3-5-7-12)16(21)19(11-15(17)20)13-8-9-18-10-13/h3-7,13-14,18H,2,8-11H2,1H3,(H2,17,20). The Hall–Kier alpha value is -1.88. The molecule has 1 fully saturated rings. The molecule has 1 aromatic carbocycles. The van der Waals surface area contributed by atoms with Crippen LogP contribution in [0.2, 0.25) is 0 Å². The fraction of sp³-hybridized carbons (Fsp3) is 0.500. The molecule has 5 nitrogen and oxygen atoms in total. The van der Waals surface area contributed by atoms with Gasteiger partial charge in [0.2, 0.25) is 11.8 Å². The van der Waals surface area contributed by atoms with Gasteiger partial charge >= 0.3 is 0 Å². The van der Waals surface area contributed by atoms with E-state index in [4.69, 9.17) is 5.73 Å². The van der Waals surface area contributed by atoms with Crippen molar-refractivity contribution in [3.63, 3.8) is 0 Å². The number of benzene rings is 1. The van der Waals surface area contributed by atoms with Crippen molar-refractivity contribution >= 4 is 11.8 Å². The average molecular weight is 289 g/mol. The highest BCUT2D eigenvalue weighted by Gasteiger charge is 2.32. The summed E-state index contributed by atoms with van der Waals surface area (Å²) in [6.07, 6.45) is 1.57. The first-order valence-corrected chi connectivity index (χ1v) is 7.48. The lowest BCUT2D eigenvalue weighted by molar-refractivity contribution is -0.138. The molecule has 2 amide bonds. The number of nitrogens with two attached hydrogens (primary N) is 1. The maximum atomic E-state index is 12.9. The summed E-state index contributed by atoms with van der Waals surface area (Å²) in [5, 5.41) is 3.23. The summed E-state index contributed by atoms with van der Waals surface area (Å²) in [7, 11) is 0. The molecule has 0 aromatic heterocycles. The van der Waals surface area contributed by atoms with Crippen molar-refractivity contribution in [2.75, 3.05) is 19.6 Å². The van der Waals surface area contributed by atoms with Gasteiger partial charge in [-0.25, -0.2) is 0 Å². The second kappa shape index (κ2) is 7.22. The number of nitrogens with one attached hydrogen (secondary N) is 1. The largest absolute Gasteiger partial charge is 0.368 e. The summed E-state index contributed by atoms with van der Waals surface area (Å²) in [5.74, 6) is -0.680. The van der Waals surface area contributed by atoms with Crippen LogP contribution in [0.1, 0.15) is 31.2 Å². The van der Waals surface area contributed by atoms with Gasteiger partial charge < -0.3 is 16.0 Å². The van der Waals surface area contributed by atoms with E-state index >= 15 is 0 Å². The minimum absolute atomic E-state index is 0.00352. The minimum Gasteiger partial charge on any atom is -0.368 e. The lowest BCUT2D eigenvalue weighted by atomic mass is 9.94. The fourth-order valence-electron chi connectivity index (χ4n) is 2.90. The molecule has 5 heteroatoms. The van der Waals surface area contributed by atoms with E-state index in [9.17, 15) is 9.59 Å². The van der Waals surface area contributed by atoms with Crippen LogP contribution in [0, 0.1) is 0 Å². The third-order valence-electron chi connectivity index (χ3n) is 3.99. The highest BCUT2D eigenvalue weighted by Crippen LogP contribution is 2.24. The molecule has 3 N–H and O–H groups in total. The average Bonchev–Trinajstić information content (AvgIpc) is 3.00. The van der Waals surface area contributed by atoms with Crippen LogP contribution in [0.5, 0.6) is 0 Å². The molecule has 2 unspecified atom stereocenters. The van der Waals surface area contributed by atoms with Gasteiger partial charge in [0, 0.05) is 12.6 Å². The second-order valence-electron chi connectivity index (χ2n) is 5.45. The van der Waals surface area contributed by atoms with E-state index in [0.717, 1.165) is 25.1 Å². The Morgan fingerprint density at radius 1 is 1.38 bits per heavy atom. The van der Waals surface area contributed by atoms with Gasteiger partial charge in [-0.05, 0) is 24.9 Å². The monoisotopic (exact) mass is 289 g/mol. The van der Waals surface area contributed by atoms with E-state index in [0.29, 0.717) is 6.42 Å². The zero-order valence-corrected chi connectivity index (χ0v) is 12.4. The van der Waals surface area contributed by atoms with Crippen molar-refractivity contribution in [3.8, 4) is 0 Å². The Morgan fingerprint density at radius 3 is 2.62 bits per heavy atom. The molecular weight excluding hydrogens is 266 g/mol. The van der Waals surface area contributed by atoms with E-state index in [1.54, 1.807) is 4.90 Å². The van der Waals surface area contributed by atoms with Gasteiger partial charge in [0.15, 0.2) is 0 Å². The smallest absolute Gasteiger partial charge is 0.237 e. The van der Waals surface area contributed by atoms with Crippen molar-refractivity contribution in [1.29, 1.82) is 0 Å². The van der Waals surface area contributed by atoms with Gasteiger partial charge in [0.05, 0.1) is 12.5 Å². The van der Waals surface area contributed by atoms with Crippen LogP contribution in [0.4, 0.5) is 0 Å². The third-order valence-corrected chi connectivity index (χ3v) is 3.99. The number of carbonyl (C=O) groups excluding carboxylic acids is 2. The molecular formula is C16H23N3O2. The molecule has 0 radical (unpaired) electrons. The molecule has 0 saturated carbocycles. The molecule has 2 atom stereocenters. The van der Waals surface area contributed by atoms with E-state index < -0.39 is 5.91 Å². The number of primary amides is 1. The molecule has 0 spiro atoms.